The van der Waals surface area contributed by atoms with Crippen molar-refractivity contribution < 1.29 is 0 Å². The Morgan fingerprint density at radius 2 is 2.00 bits per heavy atom. The van der Waals surface area contributed by atoms with E-state index in [2.05, 4.69) is 57.6 Å². The molecule has 2 heterocycles. The predicted molar refractivity (Wildman–Crippen MR) is 105 cm³/mol. The summed E-state index contributed by atoms with van der Waals surface area (Å²) in [6.07, 6.45) is 7.64. The molecule has 25 heavy (non-hydrogen) atoms. The lowest BCUT2D eigenvalue weighted by atomic mass is 9.89. The van der Waals surface area contributed by atoms with Gasteiger partial charge in [-0.1, -0.05) is 25.8 Å². The van der Waals surface area contributed by atoms with E-state index in [4.69, 9.17) is 0 Å². The van der Waals surface area contributed by atoms with E-state index in [-0.39, 0.29) is 0 Å². The first kappa shape index (κ1) is 18.0. The lowest BCUT2D eigenvalue weighted by Gasteiger charge is -2.34. The second-order valence-corrected chi connectivity index (χ2v) is 7.99. The molecule has 0 radical (unpaired) electrons. The first-order valence-corrected chi connectivity index (χ1v) is 9.74. The van der Waals surface area contributed by atoms with Crippen LogP contribution >= 0.6 is 0 Å². The fourth-order valence-corrected chi connectivity index (χ4v) is 4.05. The van der Waals surface area contributed by atoms with E-state index in [1.165, 1.54) is 25.7 Å². The van der Waals surface area contributed by atoms with Gasteiger partial charge in [0.2, 0.25) is 0 Å². The van der Waals surface area contributed by atoms with E-state index in [1.807, 2.05) is 7.05 Å². The maximum atomic E-state index is 4.65. The highest BCUT2D eigenvalue weighted by atomic mass is 15.2. The predicted octanol–water partition coefficient (Wildman–Crippen LogP) is 3.10. The number of anilines is 1. The maximum Gasteiger partial charge on any atom is 0.191 e. The topological polar surface area (TPSA) is 52.6 Å². The molecule has 2 N–H and O–H groups in total. The van der Waals surface area contributed by atoms with Crippen LogP contribution in [0.5, 0.6) is 0 Å². The zero-order valence-electron chi connectivity index (χ0n) is 16.0. The number of aromatic nitrogens is 1. The van der Waals surface area contributed by atoms with Gasteiger partial charge >= 0.3 is 0 Å². The Labute approximate surface area is 152 Å². The largest absolute Gasteiger partial charge is 0.356 e. The third-order valence-electron chi connectivity index (χ3n) is 5.75. The van der Waals surface area contributed by atoms with Crippen LogP contribution in [-0.2, 0) is 0 Å². The number of pyridine rings is 1. The highest BCUT2D eigenvalue weighted by molar-refractivity contribution is 5.80. The number of aryl methyl sites for hydroxylation is 1. The Hall–Kier alpha value is -1.78. The monoisotopic (exact) mass is 343 g/mol. The molecule has 138 valence electrons. The van der Waals surface area contributed by atoms with Crippen molar-refractivity contribution in [3.63, 3.8) is 0 Å². The molecule has 1 aliphatic carbocycles. The van der Waals surface area contributed by atoms with Gasteiger partial charge in [-0.05, 0) is 50.2 Å². The van der Waals surface area contributed by atoms with E-state index in [0.717, 1.165) is 49.9 Å². The summed E-state index contributed by atoms with van der Waals surface area (Å²) in [4.78, 5) is 11.5. The summed E-state index contributed by atoms with van der Waals surface area (Å²) in [7, 11) is 1.87. The van der Waals surface area contributed by atoms with Crippen molar-refractivity contribution in [1.29, 1.82) is 0 Å². The van der Waals surface area contributed by atoms with Crippen molar-refractivity contribution in [3.8, 4) is 0 Å². The molecule has 0 aromatic carbocycles. The number of nitrogens with one attached hydrogen (secondary N) is 2. The normalized spacial score (nSPS) is 21.4. The highest BCUT2D eigenvalue weighted by Gasteiger charge is 2.29. The molecule has 2 aliphatic rings. The lowest BCUT2D eigenvalue weighted by Crippen LogP contribution is -2.50. The molecule has 0 unspecified atom stereocenters. The van der Waals surface area contributed by atoms with Crippen LogP contribution in [0, 0.1) is 12.3 Å². The van der Waals surface area contributed by atoms with Gasteiger partial charge in [-0.2, -0.15) is 0 Å². The summed E-state index contributed by atoms with van der Waals surface area (Å²) in [5.41, 5.74) is 1.53. The minimum Gasteiger partial charge on any atom is -0.356 e. The lowest BCUT2D eigenvalue weighted by molar-refractivity contribution is 0.332. The zero-order valence-corrected chi connectivity index (χ0v) is 16.0. The van der Waals surface area contributed by atoms with Gasteiger partial charge in [-0.3, -0.25) is 4.99 Å². The Balaban J connectivity index is 1.46. The summed E-state index contributed by atoms with van der Waals surface area (Å²) in [5, 5.41) is 7.18. The van der Waals surface area contributed by atoms with Gasteiger partial charge in [-0.15, -0.1) is 0 Å². The standard InChI is InChI=1S/C20H33N5/c1-16-7-6-8-18(23-16)25-13-9-17(10-14-25)24-19(21-3)22-15-20(2)11-4-5-12-20/h6-8,17H,4-5,9-15H2,1-3H3,(H2,21,22,24). The minimum atomic E-state index is 0.442. The van der Waals surface area contributed by atoms with Crippen molar-refractivity contribution in [2.45, 2.75) is 58.4 Å². The van der Waals surface area contributed by atoms with E-state index in [9.17, 15) is 0 Å². The second kappa shape index (κ2) is 8.07. The van der Waals surface area contributed by atoms with Gasteiger partial charge in [0, 0.05) is 38.4 Å². The molecule has 1 saturated carbocycles. The van der Waals surface area contributed by atoms with Crippen LogP contribution in [0.1, 0.15) is 51.1 Å². The van der Waals surface area contributed by atoms with Crippen molar-refractivity contribution in [2.75, 3.05) is 31.6 Å². The molecule has 1 aromatic rings. The summed E-state index contributed by atoms with van der Waals surface area (Å²) in [5.74, 6) is 2.07. The molecule has 1 saturated heterocycles. The molecule has 5 nitrogen and oxygen atoms in total. The van der Waals surface area contributed by atoms with Gasteiger partial charge in [0.15, 0.2) is 5.96 Å². The Kier molecular flexibility index (Phi) is 5.82. The van der Waals surface area contributed by atoms with Gasteiger partial charge in [0.05, 0.1) is 0 Å². The number of rotatable bonds is 4. The van der Waals surface area contributed by atoms with Gasteiger partial charge in [-0.25, -0.2) is 4.98 Å². The van der Waals surface area contributed by atoms with Crippen LogP contribution < -0.4 is 15.5 Å². The molecule has 0 amide bonds. The second-order valence-electron chi connectivity index (χ2n) is 7.99. The Morgan fingerprint density at radius 1 is 1.28 bits per heavy atom. The SMILES string of the molecule is CN=C(NCC1(C)CCCC1)NC1CCN(c2cccc(C)n2)CC1. The molecule has 1 aromatic heterocycles. The summed E-state index contributed by atoms with van der Waals surface area (Å²) in [6, 6.07) is 6.75. The number of aliphatic imine (C=N–C) groups is 1. The smallest absolute Gasteiger partial charge is 0.191 e. The van der Waals surface area contributed by atoms with Crippen molar-refractivity contribution in [3.05, 3.63) is 23.9 Å². The molecule has 0 spiro atoms. The van der Waals surface area contributed by atoms with Crippen molar-refractivity contribution >= 4 is 11.8 Å². The zero-order chi connectivity index (χ0) is 17.7. The van der Waals surface area contributed by atoms with Gasteiger partial charge in [0.25, 0.3) is 0 Å². The van der Waals surface area contributed by atoms with Crippen LogP contribution in [0.15, 0.2) is 23.2 Å². The average molecular weight is 344 g/mol. The fraction of sp³-hybridized carbons (Fsp3) is 0.700. The Bertz CT molecular complexity index is 584. The summed E-state index contributed by atoms with van der Waals surface area (Å²) in [6.45, 7) is 7.57. The number of hydrogen-bond donors (Lipinski definition) is 2. The van der Waals surface area contributed by atoms with Crippen LogP contribution in [0.25, 0.3) is 0 Å². The third kappa shape index (κ3) is 4.86. The number of hydrogen-bond acceptors (Lipinski definition) is 3. The van der Waals surface area contributed by atoms with Crippen LogP contribution in [0.3, 0.4) is 0 Å². The van der Waals surface area contributed by atoms with Crippen LogP contribution in [0.2, 0.25) is 0 Å². The van der Waals surface area contributed by atoms with E-state index in [1.54, 1.807) is 0 Å². The van der Waals surface area contributed by atoms with Crippen LogP contribution in [0.4, 0.5) is 5.82 Å². The number of nitrogens with zero attached hydrogens (tertiary/aromatic N) is 3. The van der Waals surface area contributed by atoms with Crippen LogP contribution in [-0.4, -0.2) is 43.7 Å². The first-order chi connectivity index (χ1) is 12.1. The highest BCUT2D eigenvalue weighted by Crippen LogP contribution is 2.36. The molecule has 1 aliphatic heterocycles. The molecular weight excluding hydrogens is 310 g/mol. The number of guanidine groups is 1. The Morgan fingerprint density at radius 3 is 2.64 bits per heavy atom. The molecule has 3 rings (SSSR count). The molecule has 2 fully saturated rings. The van der Waals surface area contributed by atoms with E-state index < -0.39 is 0 Å². The quantitative estimate of drug-likeness (QED) is 0.651. The fourth-order valence-electron chi connectivity index (χ4n) is 4.05. The van der Waals surface area contributed by atoms with Gasteiger partial charge < -0.3 is 15.5 Å². The van der Waals surface area contributed by atoms with E-state index in [0.29, 0.717) is 11.5 Å². The third-order valence-corrected chi connectivity index (χ3v) is 5.75. The first-order valence-electron chi connectivity index (χ1n) is 9.74. The van der Waals surface area contributed by atoms with Crippen molar-refractivity contribution in [1.82, 2.24) is 15.6 Å². The van der Waals surface area contributed by atoms with E-state index >= 15 is 0 Å². The molecule has 0 bridgehead atoms. The molecule has 0 atom stereocenters. The maximum absolute atomic E-state index is 4.65. The summed E-state index contributed by atoms with van der Waals surface area (Å²) < 4.78 is 0. The van der Waals surface area contributed by atoms with Crippen molar-refractivity contribution in [2.24, 2.45) is 10.4 Å². The molecule has 5 heteroatoms. The minimum absolute atomic E-state index is 0.442. The number of piperidine rings is 1. The summed E-state index contributed by atoms with van der Waals surface area (Å²) >= 11 is 0. The van der Waals surface area contributed by atoms with Gasteiger partial charge in [0.1, 0.15) is 5.82 Å². The molecular formula is C20H33N5. The average Bonchev–Trinajstić information content (AvgIpc) is 3.06.